The van der Waals surface area contributed by atoms with Gasteiger partial charge in [0.1, 0.15) is 0 Å². The molecule has 2 aromatic carbocycles. The minimum Gasteiger partial charge on any atom is -0.316 e. The van der Waals surface area contributed by atoms with Gasteiger partial charge in [-0.05, 0) is 61.3 Å². The molecule has 2 heteroatoms. The first-order valence-corrected chi connectivity index (χ1v) is 7.31. The zero-order valence-corrected chi connectivity index (χ0v) is 11.4. The van der Waals surface area contributed by atoms with Gasteiger partial charge in [0, 0.05) is 0 Å². The topological polar surface area (TPSA) is 24.1 Å². The van der Waals surface area contributed by atoms with Gasteiger partial charge in [0.15, 0.2) is 0 Å². The van der Waals surface area contributed by atoms with E-state index in [0.717, 1.165) is 25.4 Å². The van der Waals surface area contributed by atoms with Crippen LogP contribution in [0.1, 0.15) is 12.0 Å². The van der Waals surface area contributed by atoms with E-state index in [1.165, 1.54) is 35.8 Å². The normalized spacial score (nSPS) is 19.1. The second kappa shape index (κ2) is 6.18. The molecule has 1 aliphatic heterocycles. The van der Waals surface area contributed by atoms with Crippen LogP contribution in [0.2, 0.25) is 0 Å². The van der Waals surface area contributed by atoms with Gasteiger partial charge in [0.2, 0.25) is 0 Å². The molecule has 0 bridgehead atoms. The Morgan fingerprint density at radius 1 is 1.11 bits per heavy atom. The molecular weight excluding hydrogens is 232 g/mol. The molecule has 0 aromatic heterocycles. The maximum absolute atomic E-state index is 3.58. The van der Waals surface area contributed by atoms with Crippen molar-refractivity contribution < 1.29 is 0 Å². The van der Waals surface area contributed by atoms with Crippen LogP contribution in [0, 0.1) is 5.92 Å². The van der Waals surface area contributed by atoms with E-state index in [-0.39, 0.29) is 0 Å². The van der Waals surface area contributed by atoms with Crippen LogP contribution in [0.3, 0.4) is 0 Å². The second-order valence-electron chi connectivity index (χ2n) is 5.49. The first kappa shape index (κ1) is 12.6. The third-order valence-electron chi connectivity index (χ3n) is 4.00. The fourth-order valence-electron chi connectivity index (χ4n) is 2.82. The van der Waals surface area contributed by atoms with Crippen molar-refractivity contribution in [3.8, 4) is 0 Å². The lowest BCUT2D eigenvalue weighted by molar-refractivity contribution is 0.515. The summed E-state index contributed by atoms with van der Waals surface area (Å²) in [6.45, 7) is 4.61. The molecule has 0 saturated carbocycles. The molecule has 1 unspecified atom stereocenters. The first-order valence-electron chi connectivity index (χ1n) is 7.31. The lowest BCUT2D eigenvalue weighted by Gasteiger charge is -2.10. The summed E-state index contributed by atoms with van der Waals surface area (Å²) in [4.78, 5) is 0. The summed E-state index contributed by atoms with van der Waals surface area (Å²) in [6.07, 6.45) is 2.44. The van der Waals surface area contributed by atoms with E-state index in [0.29, 0.717) is 0 Å². The smallest absolute Gasteiger partial charge is 0.000777 e. The fraction of sp³-hybridized carbons (Fsp3) is 0.412. The summed E-state index contributed by atoms with van der Waals surface area (Å²) < 4.78 is 0. The molecule has 0 amide bonds. The van der Waals surface area contributed by atoms with Crippen molar-refractivity contribution in [3.63, 3.8) is 0 Å². The first-order chi connectivity index (χ1) is 9.42. The Bertz CT molecular complexity index is 530. The van der Waals surface area contributed by atoms with Crippen molar-refractivity contribution in [1.29, 1.82) is 0 Å². The highest BCUT2D eigenvalue weighted by molar-refractivity contribution is 5.82. The summed E-state index contributed by atoms with van der Waals surface area (Å²) in [5.74, 6) is 0.830. The summed E-state index contributed by atoms with van der Waals surface area (Å²) >= 11 is 0. The molecule has 1 atom stereocenters. The van der Waals surface area contributed by atoms with Crippen LogP contribution < -0.4 is 10.6 Å². The highest BCUT2D eigenvalue weighted by Crippen LogP contribution is 2.15. The number of nitrogens with one attached hydrogen (secondary N) is 2. The minimum atomic E-state index is 0.830. The Hall–Kier alpha value is -1.38. The monoisotopic (exact) mass is 254 g/mol. The molecule has 1 fully saturated rings. The number of hydrogen-bond acceptors (Lipinski definition) is 2. The molecule has 0 spiro atoms. The SMILES string of the molecule is c1ccc2cc(CCNCC3CCNC3)ccc2c1. The Morgan fingerprint density at radius 2 is 2.00 bits per heavy atom. The maximum Gasteiger partial charge on any atom is -0.000777 e. The molecule has 100 valence electrons. The molecule has 0 radical (unpaired) electrons. The predicted molar refractivity (Wildman–Crippen MR) is 81.5 cm³/mol. The fourth-order valence-corrected chi connectivity index (χ4v) is 2.82. The zero-order valence-electron chi connectivity index (χ0n) is 11.4. The largest absolute Gasteiger partial charge is 0.316 e. The zero-order chi connectivity index (χ0) is 12.9. The Morgan fingerprint density at radius 3 is 2.84 bits per heavy atom. The highest BCUT2D eigenvalue weighted by atomic mass is 14.9. The summed E-state index contributed by atoms with van der Waals surface area (Å²) in [7, 11) is 0. The second-order valence-corrected chi connectivity index (χ2v) is 5.49. The molecule has 1 aliphatic rings. The van der Waals surface area contributed by atoms with E-state index < -0.39 is 0 Å². The molecule has 2 N–H and O–H groups in total. The lowest BCUT2D eigenvalue weighted by Crippen LogP contribution is -2.26. The van der Waals surface area contributed by atoms with Gasteiger partial charge in [-0.2, -0.15) is 0 Å². The van der Waals surface area contributed by atoms with Gasteiger partial charge < -0.3 is 10.6 Å². The van der Waals surface area contributed by atoms with Crippen LogP contribution in [0.4, 0.5) is 0 Å². The van der Waals surface area contributed by atoms with Gasteiger partial charge >= 0.3 is 0 Å². The van der Waals surface area contributed by atoms with Crippen molar-refractivity contribution in [3.05, 3.63) is 48.0 Å². The van der Waals surface area contributed by atoms with E-state index >= 15 is 0 Å². The van der Waals surface area contributed by atoms with Crippen LogP contribution in [-0.2, 0) is 6.42 Å². The molecule has 3 rings (SSSR count). The molecule has 2 aromatic rings. The van der Waals surface area contributed by atoms with Gasteiger partial charge in [0.25, 0.3) is 0 Å². The number of benzene rings is 2. The van der Waals surface area contributed by atoms with Crippen LogP contribution in [0.25, 0.3) is 10.8 Å². The number of rotatable bonds is 5. The minimum absolute atomic E-state index is 0.830. The van der Waals surface area contributed by atoms with E-state index in [1.807, 2.05) is 0 Å². The summed E-state index contributed by atoms with van der Waals surface area (Å²) in [5, 5.41) is 9.67. The molecule has 2 nitrogen and oxygen atoms in total. The Labute approximate surface area is 115 Å². The molecule has 1 saturated heterocycles. The van der Waals surface area contributed by atoms with Gasteiger partial charge in [-0.25, -0.2) is 0 Å². The number of fused-ring (bicyclic) bond motifs is 1. The Balaban J connectivity index is 1.50. The average Bonchev–Trinajstić information content (AvgIpc) is 2.97. The summed E-state index contributed by atoms with van der Waals surface area (Å²) in [6, 6.07) is 15.4. The average molecular weight is 254 g/mol. The summed E-state index contributed by atoms with van der Waals surface area (Å²) in [5.41, 5.74) is 1.43. The predicted octanol–water partition coefficient (Wildman–Crippen LogP) is 2.58. The molecule has 1 heterocycles. The maximum atomic E-state index is 3.58. The van der Waals surface area contributed by atoms with Gasteiger partial charge in [0.05, 0.1) is 0 Å². The van der Waals surface area contributed by atoms with Crippen molar-refractivity contribution >= 4 is 10.8 Å². The lowest BCUT2D eigenvalue weighted by atomic mass is 10.0. The quantitative estimate of drug-likeness (QED) is 0.801. The van der Waals surface area contributed by atoms with Crippen molar-refractivity contribution in [2.75, 3.05) is 26.2 Å². The van der Waals surface area contributed by atoms with E-state index in [1.54, 1.807) is 0 Å². The van der Waals surface area contributed by atoms with Crippen LogP contribution in [-0.4, -0.2) is 26.2 Å². The molecule has 0 aliphatic carbocycles. The van der Waals surface area contributed by atoms with Crippen molar-refractivity contribution in [2.45, 2.75) is 12.8 Å². The van der Waals surface area contributed by atoms with E-state index in [9.17, 15) is 0 Å². The van der Waals surface area contributed by atoms with Crippen molar-refractivity contribution in [1.82, 2.24) is 10.6 Å². The van der Waals surface area contributed by atoms with Crippen molar-refractivity contribution in [2.24, 2.45) is 5.92 Å². The van der Waals surface area contributed by atoms with E-state index in [4.69, 9.17) is 0 Å². The highest BCUT2D eigenvalue weighted by Gasteiger charge is 2.12. The van der Waals surface area contributed by atoms with Crippen LogP contribution in [0.15, 0.2) is 42.5 Å². The number of hydrogen-bond donors (Lipinski definition) is 2. The third kappa shape index (κ3) is 3.34. The van der Waals surface area contributed by atoms with Crippen LogP contribution >= 0.6 is 0 Å². The molecular formula is C17H22N2. The molecule has 19 heavy (non-hydrogen) atoms. The van der Waals surface area contributed by atoms with Crippen LogP contribution in [0.5, 0.6) is 0 Å². The van der Waals surface area contributed by atoms with Gasteiger partial charge in [-0.15, -0.1) is 0 Å². The van der Waals surface area contributed by atoms with Gasteiger partial charge in [-0.1, -0.05) is 42.5 Å². The Kier molecular flexibility index (Phi) is 4.11. The van der Waals surface area contributed by atoms with Gasteiger partial charge in [-0.3, -0.25) is 0 Å². The van der Waals surface area contributed by atoms with E-state index in [2.05, 4.69) is 53.1 Å². The standard InChI is InChI=1S/C17H22N2/c1-2-4-17-11-14(5-6-16(17)3-1)7-9-18-12-15-8-10-19-13-15/h1-6,11,15,18-19H,7-10,12-13H2. The third-order valence-corrected chi connectivity index (χ3v) is 4.00.